The third kappa shape index (κ3) is 1.38. The van der Waals surface area contributed by atoms with Gasteiger partial charge in [0.1, 0.15) is 5.82 Å². The summed E-state index contributed by atoms with van der Waals surface area (Å²) in [5, 5.41) is 0.548. The van der Waals surface area contributed by atoms with E-state index in [1.165, 1.54) is 12.1 Å². The second-order valence-corrected chi connectivity index (χ2v) is 3.13. The number of aromatic nitrogens is 2. The first-order valence-electron chi connectivity index (χ1n) is 4.32. The average Bonchev–Trinajstić information content (AvgIpc) is 2.18. The molecule has 1 aromatic carbocycles. The zero-order valence-corrected chi connectivity index (χ0v) is 8.08. The molecular formula is C11H8FN3. The summed E-state index contributed by atoms with van der Waals surface area (Å²) in [4.78, 5) is 7.95. The molecule has 0 aliphatic heterocycles. The highest BCUT2D eigenvalue weighted by Gasteiger charge is 2.10. The SMILES string of the molecule is C#Cc1c(F)ccc2nc(N)nc(C)c12. The smallest absolute Gasteiger partial charge is 0.220 e. The fourth-order valence-corrected chi connectivity index (χ4v) is 1.54. The number of rotatable bonds is 0. The lowest BCUT2D eigenvalue weighted by atomic mass is 10.1. The Morgan fingerprint density at radius 1 is 1.40 bits per heavy atom. The minimum Gasteiger partial charge on any atom is -0.368 e. The third-order valence-corrected chi connectivity index (χ3v) is 2.16. The molecule has 2 N–H and O–H groups in total. The van der Waals surface area contributed by atoms with E-state index in [-0.39, 0.29) is 11.5 Å². The summed E-state index contributed by atoms with van der Waals surface area (Å²) in [7, 11) is 0. The van der Waals surface area contributed by atoms with E-state index in [9.17, 15) is 4.39 Å². The van der Waals surface area contributed by atoms with Crippen molar-refractivity contribution in [3.8, 4) is 12.3 Å². The molecule has 0 aliphatic rings. The molecule has 0 saturated heterocycles. The van der Waals surface area contributed by atoms with Crippen LogP contribution in [0.15, 0.2) is 12.1 Å². The van der Waals surface area contributed by atoms with E-state index in [0.29, 0.717) is 16.6 Å². The van der Waals surface area contributed by atoms with Crippen molar-refractivity contribution in [1.82, 2.24) is 9.97 Å². The summed E-state index contributed by atoms with van der Waals surface area (Å²) in [6.07, 6.45) is 5.25. The molecule has 0 spiro atoms. The number of hydrogen-bond donors (Lipinski definition) is 1. The number of anilines is 1. The number of hydrogen-bond acceptors (Lipinski definition) is 3. The minimum absolute atomic E-state index is 0.162. The van der Waals surface area contributed by atoms with Crippen molar-refractivity contribution in [2.75, 3.05) is 5.73 Å². The van der Waals surface area contributed by atoms with Gasteiger partial charge in [-0.25, -0.2) is 14.4 Å². The van der Waals surface area contributed by atoms with E-state index < -0.39 is 5.82 Å². The number of nitrogens with zero attached hydrogens (tertiary/aromatic N) is 2. The predicted octanol–water partition coefficient (Wildman–Crippen LogP) is 1.64. The Bertz CT molecular complexity index is 584. The van der Waals surface area contributed by atoms with Crippen LogP contribution in [0.5, 0.6) is 0 Å². The maximum absolute atomic E-state index is 13.4. The van der Waals surface area contributed by atoms with Gasteiger partial charge in [-0.05, 0) is 19.1 Å². The molecule has 15 heavy (non-hydrogen) atoms. The van der Waals surface area contributed by atoms with E-state index in [0.717, 1.165) is 0 Å². The Morgan fingerprint density at radius 2 is 2.13 bits per heavy atom. The Hall–Kier alpha value is -2.15. The van der Waals surface area contributed by atoms with E-state index in [1.807, 2.05) is 0 Å². The summed E-state index contributed by atoms with van der Waals surface area (Å²) < 4.78 is 13.4. The highest BCUT2D eigenvalue weighted by molar-refractivity contribution is 5.87. The van der Waals surface area contributed by atoms with Crippen LogP contribution in [0.4, 0.5) is 10.3 Å². The molecule has 1 heterocycles. The molecule has 0 radical (unpaired) electrons. The molecule has 0 saturated carbocycles. The number of nitrogens with two attached hydrogens (primary N) is 1. The largest absolute Gasteiger partial charge is 0.368 e. The van der Waals surface area contributed by atoms with Crippen molar-refractivity contribution in [2.45, 2.75) is 6.92 Å². The van der Waals surface area contributed by atoms with E-state index >= 15 is 0 Å². The zero-order chi connectivity index (χ0) is 11.0. The van der Waals surface area contributed by atoms with Crippen LogP contribution in [0, 0.1) is 25.1 Å². The number of fused-ring (bicyclic) bond motifs is 1. The number of terminal acetylenes is 1. The second-order valence-electron chi connectivity index (χ2n) is 3.13. The van der Waals surface area contributed by atoms with Crippen LogP contribution in [0.3, 0.4) is 0 Å². The average molecular weight is 201 g/mol. The second kappa shape index (κ2) is 3.21. The minimum atomic E-state index is -0.443. The van der Waals surface area contributed by atoms with Crippen molar-refractivity contribution in [3.63, 3.8) is 0 Å². The van der Waals surface area contributed by atoms with Crippen molar-refractivity contribution in [2.24, 2.45) is 0 Å². The summed E-state index contributed by atoms with van der Waals surface area (Å²) >= 11 is 0. The van der Waals surface area contributed by atoms with Gasteiger partial charge in [0.2, 0.25) is 5.95 Å². The molecule has 1 aromatic heterocycles. The Labute approximate surface area is 86.2 Å². The molecule has 0 unspecified atom stereocenters. The van der Waals surface area contributed by atoms with Crippen LogP contribution >= 0.6 is 0 Å². The van der Waals surface area contributed by atoms with Crippen molar-refractivity contribution < 1.29 is 4.39 Å². The highest BCUT2D eigenvalue weighted by atomic mass is 19.1. The summed E-state index contributed by atoms with van der Waals surface area (Å²) in [6.45, 7) is 1.72. The predicted molar refractivity (Wildman–Crippen MR) is 56.6 cm³/mol. The molecule has 0 aliphatic carbocycles. The monoisotopic (exact) mass is 201 g/mol. The normalized spacial score (nSPS) is 10.2. The van der Waals surface area contributed by atoms with Crippen LogP contribution in [0.1, 0.15) is 11.3 Å². The van der Waals surface area contributed by atoms with Gasteiger partial charge in [0.25, 0.3) is 0 Å². The number of nitrogen functional groups attached to an aromatic ring is 1. The van der Waals surface area contributed by atoms with Gasteiger partial charge in [0, 0.05) is 5.39 Å². The Kier molecular flexibility index (Phi) is 2.01. The van der Waals surface area contributed by atoms with Crippen LogP contribution in [0.25, 0.3) is 10.9 Å². The lowest BCUT2D eigenvalue weighted by Gasteiger charge is -2.05. The molecule has 2 rings (SSSR count). The molecular weight excluding hydrogens is 193 g/mol. The van der Waals surface area contributed by atoms with Gasteiger partial charge in [-0.1, -0.05) is 5.92 Å². The van der Waals surface area contributed by atoms with E-state index in [2.05, 4.69) is 15.9 Å². The van der Waals surface area contributed by atoms with Crippen molar-refractivity contribution in [3.05, 3.63) is 29.2 Å². The van der Waals surface area contributed by atoms with Gasteiger partial charge in [-0.2, -0.15) is 0 Å². The molecule has 0 amide bonds. The molecule has 0 fully saturated rings. The molecule has 74 valence electrons. The quantitative estimate of drug-likeness (QED) is 0.659. The lowest BCUT2D eigenvalue weighted by Crippen LogP contribution is -2.00. The van der Waals surface area contributed by atoms with E-state index in [4.69, 9.17) is 12.2 Å². The van der Waals surface area contributed by atoms with Gasteiger partial charge in [-0.3, -0.25) is 0 Å². The van der Waals surface area contributed by atoms with Gasteiger partial charge < -0.3 is 5.73 Å². The van der Waals surface area contributed by atoms with Crippen LogP contribution in [-0.4, -0.2) is 9.97 Å². The Balaban J connectivity index is 3.00. The summed E-state index contributed by atoms with van der Waals surface area (Å²) in [5.74, 6) is 2.02. The van der Waals surface area contributed by atoms with Crippen LogP contribution < -0.4 is 5.73 Å². The molecule has 0 atom stereocenters. The molecule has 4 heteroatoms. The van der Waals surface area contributed by atoms with Crippen LogP contribution in [0.2, 0.25) is 0 Å². The van der Waals surface area contributed by atoms with Crippen molar-refractivity contribution >= 4 is 16.9 Å². The van der Waals surface area contributed by atoms with Gasteiger partial charge in [-0.15, -0.1) is 6.42 Å². The van der Waals surface area contributed by atoms with Gasteiger partial charge in [0.15, 0.2) is 0 Å². The fourth-order valence-electron chi connectivity index (χ4n) is 1.54. The van der Waals surface area contributed by atoms with Gasteiger partial charge >= 0.3 is 0 Å². The van der Waals surface area contributed by atoms with Crippen LogP contribution in [-0.2, 0) is 0 Å². The molecule has 2 aromatic rings. The van der Waals surface area contributed by atoms with E-state index in [1.54, 1.807) is 6.92 Å². The third-order valence-electron chi connectivity index (χ3n) is 2.16. The zero-order valence-electron chi connectivity index (χ0n) is 8.08. The van der Waals surface area contributed by atoms with Gasteiger partial charge in [0.05, 0.1) is 16.8 Å². The first kappa shape index (κ1) is 9.41. The topological polar surface area (TPSA) is 51.8 Å². The number of halogens is 1. The number of benzene rings is 1. The highest BCUT2D eigenvalue weighted by Crippen LogP contribution is 2.22. The summed E-state index contributed by atoms with van der Waals surface area (Å²) in [5.41, 5.74) is 6.82. The molecule has 3 nitrogen and oxygen atoms in total. The summed E-state index contributed by atoms with van der Waals surface area (Å²) in [6, 6.07) is 2.82. The standard InChI is InChI=1S/C11H8FN3/c1-3-7-8(12)4-5-9-10(7)6(2)14-11(13)15-9/h1,4-5H,2H3,(H2,13,14,15). The van der Waals surface area contributed by atoms with Crippen molar-refractivity contribution in [1.29, 1.82) is 0 Å². The fraction of sp³-hybridized carbons (Fsp3) is 0.0909. The first-order valence-corrected chi connectivity index (χ1v) is 4.32. The maximum atomic E-state index is 13.4. The Morgan fingerprint density at radius 3 is 2.80 bits per heavy atom. The first-order chi connectivity index (χ1) is 7.13. The lowest BCUT2D eigenvalue weighted by molar-refractivity contribution is 0.626. The number of aryl methyl sites for hydroxylation is 1. The maximum Gasteiger partial charge on any atom is 0.220 e. The molecule has 0 bridgehead atoms.